The number of rotatable bonds is 6. The first-order chi connectivity index (χ1) is 17.8. The van der Waals surface area contributed by atoms with Crippen LogP contribution in [0.25, 0.3) is 0 Å². The average Bonchev–Trinajstić information content (AvgIpc) is 3.58. The van der Waals surface area contributed by atoms with Crippen molar-refractivity contribution < 1.29 is 27.5 Å². The maximum absolute atomic E-state index is 12.6. The van der Waals surface area contributed by atoms with Crippen molar-refractivity contribution in [3.63, 3.8) is 0 Å². The highest BCUT2D eigenvalue weighted by atomic mass is 35.5. The van der Waals surface area contributed by atoms with Crippen molar-refractivity contribution in [1.29, 1.82) is 0 Å². The van der Waals surface area contributed by atoms with E-state index in [-0.39, 0.29) is 30.4 Å². The normalized spacial score (nSPS) is 18.4. The zero-order valence-corrected chi connectivity index (χ0v) is 20.9. The second-order valence-electron chi connectivity index (χ2n) is 8.63. The number of carbonyl (C=O) groups excluding carboxylic acids is 1. The van der Waals surface area contributed by atoms with Crippen LogP contribution in [-0.2, 0) is 15.8 Å². The number of aromatic nitrogens is 3. The average molecular weight is 552 g/mol. The molecule has 0 N–H and O–H groups in total. The minimum Gasteiger partial charge on any atom is -0.466 e. The number of hydrogen-bond donors (Lipinski definition) is 0. The maximum atomic E-state index is 12.6. The van der Waals surface area contributed by atoms with E-state index < -0.39 is 11.9 Å². The third-order valence-corrected chi connectivity index (χ3v) is 7.56. The number of oxime groups is 1. The van der Waals surface area contributed by atoms with E-state index in [9.17, 15) is 18.0 Å². The Hall–Kier alpha value is -3.25. The smallest absolute Gasteiger partial charge is 0.435 e. The zero-order chi connectivity index (χ0) is 26.0. The minimum atomic E-state index is -4.58. The summed E-state index contributed by atoms with van der Waals surface area (Å²) in [5.74, 6) is -0.183. The molecule has 194 valence electrons. The molecule has 2 aliphatic heterocycles. The molecule has 0 radical (unpaired) electrons. The van der Waals surface area contributed by atoms with Gasteiger partial charge in [-0.25, -0.2) is 4.98 Å². The van der Waals surface area contributed by atoms with E-state index in [1.54, 1.807) is 16.2 Å². The number of carbonyl (C=O) groups is 1. The topological polar surface area (TPSA) is 89.8 Å². The SMILES string of the molecule is O=C(COc1ccc(C(F)(F)F)nn1)N1CCC(c2nc(C3=NOC(c4ccccc4Cl)C3)cs2)CC1. The van der Waals surface area contributed by atoms with E-state index >= 15 is 0 Å². The lowest BCUT2D eigenvalue weighted by Crippen LogP contribution is -2.40. The number of amides is 1. The van der Waals surface area contributed by atoms with Crippen LogP contribution in [0.1, 0.15) is 53.2 Å². The quantitative estimate of drug-likeness (QED) is 0.415. The van der Waals surface area contributed by atoms with Crippen molar-refractivity contribution >= 4 is 34.6 Å². The summed E-state index contributed by atoms with van der Waals surface area (Å²) in [6.07, 6.45) is -2.75. The van der Waals surface area contributed by atoms with Gasteiger partial charge >= 0.3 is 6.18 Å². The van der Waals surface area contributed by atoms with E-state index in [0.717, 1.165) is 47.0 Å². The fourth-order valence-corrected chi connectivity index (χ4v) is 5.45. The summed E-state index contributed by atoms with van der Waals surface area (Å²) in [6, 6.07) is 9.34. The molecule has 4 heterocycles. The number of nitrogens with zero attached hydrogens (tertiary/aromatic N) is 5. The van der Waals surface area contributed by atoms with E-state index in [1.165, 1.54) is 0 Å². The van der Waals surface area contributed by atoms with Crippen LogP contribution < -0.4 is 4.74 Å². The Balaban J connectivity index is 1.10. The molecule has 2 aromatic heterocycles. The van der Waals surface area contributed by atoms with Gasteiger partial charge in [-0.1, -0.05) is 35.0 Å². The number of halogens is 4. The van der Waals surface area contributed by atoms with Crippen molar-refractivity contribution in [1.82, 2.24) is 20.1 Å². The molecule has 8 nitrogen and oxygen atoms in total. The molecule has 5 rings (SSSR count). The molecule has 1 atom stereocenters. The molecule has 37 heavy (non-hydrogen) atoms. The summed E-state index contributed by atoms with van der Waals surface area (Å²) >= 11 is 7.85. The first-order valence-corrected chi connectivity index (χ1v) is 12.8. The lowest BCUT2D eigenvalue weighted by Gasteiger charge is -2.31. The van der Waals surface area contributed by atoms with Crippen LogP contribution in [0.3, 0.4) is 0 Å². The van der Waals surface area contributed by atoms with Gasteiger partial charge < -0.3 is 14.5 Å². The summed E-state index contributed by atoms with van der Waals surface area (Å²) in [4.78, 5) is 24.6. The molecule has 2 aliphatic rings. The molecule has 1 unspecified atom stereocenters. The molecule has 0 saturated carbocycles. The molecule has 1 fully saturated rings. The van der Waals surface area contributed by atoms with Gasteiger partial charge in [0.25, 0.3) is 5.91 Å². The van der Waals surface area contributed by atoms with Gasteiger partial charge in [0.15, 0.2) is 18.4 Å². The Bertz CT molecular complexity index is 1290. The Labute approximate surface area is 219 Å². The van der Waals surface area contributed by atoms with Gasteiger partial charge in [0, 0.05) is 47.5 Å². The molecule has 1 aromatic carbocycles. The molecule has 0 aliphatic carbocycles. The number of benzene rings is 1. The standard InChI is InChI=1S/C24H21ClF3N5O3S/c25-16-4-2-1-3-15(16)19-11-17(32-36-19)18-13-37-23(29-18)14-7-9-33(10-8-14)22(34)12-35-21-6-5-20(30-31-21)24(26,27)28/h1-6,13-14,19H,7-12H2. The summed E-state index contributed by atoms with van der Waals surface area (Å²) in [7, 11) is 0. The third-order valence-electron chi connectivity index (χ3n) is 6.21. The molecule has 0 spiro atoms. The number of ether oxygens (including phenoxy) is 1. The second-order valence-corrected chi connectivity index (χ2v) is 9.92. The zero-order valence-electron chi connectivity index (χ0n) is 19.3. The van der Waals surface area contributed by atoms with Gasteiger partial charge in [-0.2, -0.15) is 13.2 Å². The second kappa shape index (κ2) is 10.6. The van der Waals surface area contributed by atoms with Crippen LogP contribution in [-0.4, -0.2) is 51.4 Å². The first kappa shape index (κ1) is 25.4. The van der Waals surface area contributed by atoms with Crippen molar-refractivity contribution in [3.05, 3.63) is 68.8 Å². The number of thiazole rings is 1. The first-order valence-electron chi connectivity index (χ1n) is 11.5. The highest BCUT2D eigenvalue weighted by Gasteiger charge is 2.33. The van der Waals surface area contributed by atoms with Gasteiger partial charge in [0.05, 0.1) is 10.7 Å². The molecular weight excluding hydrogens is 531 g/mol. The van der Waals surface area contributed by atoms with Crippen LogP contribution >= 0.6 is 22.9 Å². The van der Waals surface area contributed by atoms with E-state index in [2.05, 4.69) is 15.4 Å². The molecule has 13 heteroatoms. The number of likely N-dealkylation sites (tertiary alicyclic amines) is 1. The summed E-state index contributed by atoms with van der Waals surface area (Å²) in [6.45, 7) is 0.733. The van der Waals surface area contributed by atoms with Gasteiger partial charge in [-0.3, -0.25) is 4.79 Å². The monoisotopic (exact) mass is 551 g/mol. The molecule has 0 bridgehead atoms. The van der Waals surface area contributed by atoms with E-state index in [1.807, 2.05) is 29.6 Å². The Morgan fingerprint density at radius 1 is 1.16 bits per heavy atom. The van der Waals surface area contributed by atoms with Crippen LogP contribution in [0.5, 0.6) is 5.88 Å². The van der Waals surface area contributed by atoms with Crippen LogP contribution in [0.15, 0.2) is 46.9 Å². The highest BCUT2D eigenvalue weighted by molar-refractivity contribution is 7.10. The van der Waals surface area contributed by atoms with Gasteiger partial charge in [-0.05, 0) is 25.0 Å². The number of piperidine rings is 1. The van der Waals surface area contributed by atoms with Crippen molar-refractivity contribution in [3.8, 4) is 5.88 Å². The maximum Gasteiger partial charge on any atom is 0.435 e. The van der Waals surface area contributed by atoms with Gasteiger partial charge in [0.2, 0.25) is 5.88 Å². The Kier molecular flexibility index (Phi) is 7.29. The number of alkyl halides is 3. The predicted octanol–water partition coefficient (Wildman–Crippen LogP) is 5.26. The number of hydrogen-bond acceptors (Lipinski definition) is 8. The van der Waals surface area contributed by atoms with Gasteiger partial charge in [0.1, 0.15) is 5.71 Å². The van der Waals surface area contributed by atoms with Crippen LogP contribution in [0.2, 0.25) is 5.02 Å². The van der Waals surface area contributed by atoms with Crippen LogP contribution in [0.4, 0.5) is 13.2 Å². The fraction of sp³-hybridized carbons (Fsp3) is 0.375. The Morgan fingerprint density at radius 2 is 1.95 bits per heavy atom. The van der Waals surface area contributed by atoms with Gasteiger partial charge in [-0.15, -0.1) is 21.5 Å². The fourth-order valence-electron chi connectivity index (χ4n) is 4.19. The molecule has 1 saturated heterocycles. The lowest BCUT2D eigenvalue weighted by atomic mass is 9.97. The third kappa shape index (κ3) is 5.85. The van der Waals surface area contributed by atoms with Crippen LogP contribution in [0, 0.1) is 0 Å². The highest BCUT2D eigenvalue weighted by Crippen LogP contribution is 2.35. The van der Waals surface area contributed by atoms with Crippen molar-refractivity contribution in [2.75, 3.05) is 19.7 Å². The summed E-state index contributed by atoms with van der Waals surface area (Å²) in [5.41, 5.74) is 1.35. The largest absolute Gasteiger partial charge is 0.466 e. The molecule has 3 aromatic rings. The Morgan fingerprint density at radius 3 is 2.65 bits per heavy atom. The molecule has 1 amide bonds. The summed E-state index contributed by atoms with van der Waals surface area (Å²) < 4.78 is 43.0. The van der Waals surface area contributed by atoms with E-state index in [0.29, 0.717) is 24.5 Å². The molecular formula is C24H21ClF3N5O3S. The van der Waals surface area contributed by atoms with Crippen molar-refractivity contribution in [2.24, 2.45) is 5.16 Å². The summed E-state index contributed by atoms with van der Waals surface area (Å²) in [5, 5.41) is 14.3. The van der Waals surface area contributed by atoms with Crippen molar-refractivity contribution in [2.45, 2.75) is 37.5 Å². The minimum absolute atomic E-state index is 0.137. The lowest BCUT2D eigenvalue weighted by molar-refractivity contribution is -0.142. The van der Waals surface area contributed by atoms with E-state index in [4.69, 9.17) is 26.2 Å². The predicted molar refractivity (Wildman–Crippen MR) is 130 cm³/mol.